The first kappa shape index (κ1) is 11.6. The molecular weight excluding hydrogens is 240 g/mol. The van der Waals surface area contributed by atoms with Crippen LogP contribution in [0.5, 0.6) is 0 Å². The van der Waals surface area contributed by atoms with Crippen molar-refractivity contribution in [3.05, 3.63) is 42.5 Å². The van der Waals surface area contributed by atoms with Crippen molar-refractivity contribution >= 4 is 28.4 Å². The van der Waals surface area contributed by atoms with Crippen LogP contribution in [0.3, 0.4) is 0 Å². The van der Waals surface area contributed by atoms with Crippen molar-refractivity contribution in [3.8, 4) is 0 Å². The van der Waals surface area contributed by atoms with Crippen LogP contribution in [0.4, 0.5) is 5.69 Å². The van der Waals surface area contributed by atoms with Crippen LogP contribution in [0.25, 0.3) is 10.8 Å². The second-order valence-corrected chi connectivity index (χ2v) is 4.28. The van der Waals surface area contributed by atoms with Crippen LogP contribution >= 0.6 is 0 Å². The van der Waals surface area contributed by atoms with Crippen molar-refractivity contribution in [2.45, 2.75) is 6.17 Å². The fourth-order valence-electron chi connectivity index (χ4n) is 1.89. The average molecular weight is 254 g/mol. The summed E-state index contributed by atoms with van der Waals surface area (Å²) >= 11 is 0. The van der Waals surface area contributed by atoms with E-state index >= 15 is 0 Å². The zero-order valence-corrected chi connectivity index (χ0v) is 10.2. The van der Waals surface area contributed by atoms with E-state index in [4.69, 9.17) is 11.6 Å². The number of rotatable bonds is 2. The van der Waals surface area contributed by atoms with Crippen molar-refractivity contribution < 1.29 is 0 Å². The first-order valence-corrected chi connectivity index (χ1v) is 5.90. The van der Waals surface area contributed by atoms with Gasteiger partial charge in [-0.25, -0.2) is 11.0 Å². The number of hydrogen-bond donors (Lipinski definition) is 3. The maximum absolute atomic E-state index is 5.78. The molecule has 96 valence electrons. The molecule has 0 fully saturated rings. The summed E-state index contributed by atoms with van der Waals surface area (Å²) in [4.78, 5) is 0. The number of nitrogens with two attached hydrogens (primary N) is 2. The first-order valence-electron chi connectivity index (χ1n) is 5.90. The molecule has 0 aromatic heterocycles. The second-order valence-electron chi connectivity index (χ2n) is 4.28. The quantitative estimate of drug-likeness (QED) is 0.552. The van der Waals surface area contributed by atoms with E-state index in [0.29, 0.717) is 5.71 Å². The molecule has 2 aromatic carbocycles. The SMILES string of the molecule is NC1C(=NNc2ccc3ccccc3c2)C=NN1N. The van der Waals surface area contributed by atoms with Crippen LogP contribution in [-0.4, -0.2) is 23.2 Å². The van der Waals surface area contributed by atoms with Crippen LogP contribution in [-0.2, 0) is 0 Å². The van der Waals surface area contributed by atoms with E-state index in [0.717, 1.165) is 11.1 Å². The van der Waals surface area contributed by atoms with Gasteiger partial charge in [-0.1, -0.05) is 30.3 Å². The number of benzene rings is 2. The number of hydrazone groups is 2. The number of nitrogens with one attached hydrogen (secondary N) is 1. The first-order chi connectivity index (χ1) is 9.24. The molecule has 0 spiro atoms. The van der Waals surface area contributed by atoms with Gasteiger partial charge in [0.25, 0.3) is 0 Å². The van der Waals surface area contributed by atoms with Gasteiger partial charge in [0, 0.05) is 0 Å². The summed E-state index contributed by atoms with van der Waals surface area (Å²) in [6.07, 6.45) is 1.03. The lowest BCUT2D eigenvalue weighted by Gasteiger charge is -2.12. The molecule has 5 N–H and O–H groups in total. The van der Waals surface area contributed by atoms with E-state index < -0.39 is 6.17 Å². The summed E-state index contributed by atoms with van der Waals surface area (Å²) in [5.41, 5.74) is 10.2. The lowest BCUT2D eigenvalue weighted by Crippen LogP contribution is -2.44. The smallest absolute Gasteiger partial charge is 0.157 e. The Kier molecular flexibility index (Phi) is 2.86. The number of fused-ring (bicyclic) bond motifs is 1. The Morgan fingerprint density at radius 3 is 2.68 bits per heavy atom. The number of anilines is 1. The van der Waals surface area contributed by atoms with Crippen molar-refractivity contribution in [1.29, 1.82) is 0 Å². The van der Waals surface area contributed by atoms with E-state index in [1.807, 2.05) is 30.3 Å². The molecule has 2 aromatic rings. The molecule has 1 aliphatic rings. The molecule has 0 bridgehead atoms. The van der Waals surface area contributed by atoms with E-state index in [9.17, 15) is 0 Å². The number of nitrogens with zero attached hydrogens (tertiary/aromatic N) is 3. The van der Waals surface area contributed by atoms with E-state index in [2.05, 4.69) is 27.8 Å². The van der Waals surface area contributed by atoms with Gasteiger partial charge in [-0.15, -0.1) is 0 Å². The minimum Gasteiger partial charge on any atom is -0.303 e. The van der Waals surface area contributed by atoms with Crippen molar-refractivity contribution in [2.75, 3.05) is 5.43 Å². The molecule has 0 aliphatic carbocycles. The van der Waals surface area contributed by atoms with Gasteiger partial charge in [0.15, 0.2) is 6.17 Å². The third-order valence-corrected chi connectivity index (χ3v) is 2.97. The van der Waals surface area contributed by atoms with Crippen LogP contribution in [0, 0.1) is 0 Å². The molecule has 1 aliphatic heterocycles. The third-order valence-electron chi connectivity index (χ3n) is 2.97. The zero-order valence-electron chi connectivity index (χ0n) is 10.2. The lowest BCUT2D eigenvalue weighted by atomic mass is 10.1. The van der Waals surface area contributed by atoms with Gasteiger partial charge < -0.3 is 5.73 Å². The molecule has 0 saturated carbocycles. The minimum atomic E-state index is -0.507. The molecule has 3 rings (SSSR count). The minimum absolute atomic E-state index is 0.507. The van der Waals surface area contributed by atoms with E-state index in [1.54, 1.807) is 6.21 Å². The van der Waals surface area contributed by atoms with Crippen molar-refractivity contribution in [3.63, 3.8) is 0 Å². The van der Waals surface area contributed by atoms with E-state index in [-0.39, 0.29) is 0 Å². The highest BCUT2D eigenvalue weighted by Gasteiger charge is 2.20. The average Bonchev–Trinajstić information content (AvgIpc) is 2.76. The topological polar surface area (TPSA) is 92.0 Å². The Labute approximate surface area is 110 Å². The zero-order chi connectivity index (χ0) is 13.2. The Bertz CT molecular complexity index is 663. The normalized spacial score (nSPS) is 20.4. The van der Waals surface area contributed by atoms with Gasteiger partial charge in [0.1, 0.15) is 5.71 Å². The largest absolute Gasteiger partial charge is 0.303 e. The summed E-state index contributed by atoms with van der Waals surface area (Å²) in [6.45, 7) is 0. The molecule has 1 atom stereocenters. The van der Waals surface area contributed by atoms with Crippen LogP contribution < -0.4 is 17.0 Å². The molecule has 19 heavy (non-hydrogen) atoms. The van der Waals surface area contributed by atoms with Crippen molar-refractivity contribution in [2.24, 2.45) is 21.8 Å². The number of hydrogen-bond acceptors (Lipinski definition) is 6. The van der Waals surface area contributed by atoms with Gasteiger partial charge in [0.2, 0.25) is 0 Å². The maximum Gasteiger partial charge on any atom is 0.157 e. The van der Waals surface area contributed by atoms with Gasteiger partial charge >= 0.3 is 0 Å². The predicted octanol–water partition coefficient (Wildman–Crippen LogP) is 1.07. The van der Waals surface area contributed by atoms with Gasteiger partial charge in [-0.2, -0.15) is 10.2 Å². The Morgan fingerprint density at radius 1 is 1.16 bits per heavy atom. The van der Waals surface area contributed by atoms with Gasteiger partial charge in [-0.05, 0) is 22.9 Å². The van der Waals surface area contributed by atoms with E-state index in [1.165, 1.54) is 10.5 Å². The Balaban J connectivity index is 1.82. The predicted molar refractivity (Wildman–Crippen MR) is 77.5 cm³/mol. The number of hydrazine groups is 1. The summed E-state index contributed by atoms with van der Waals surface area (Å²) < 4.78 is 0. The summed E-state index contributed by atoms with van der Waals surface area (Å²) in [7, 11) is 0. The fourth-order valence-corrected chi connectivity index (χ4v) is 1.89. The highest BCUT2D eigenvalue weighted by Crippen LogP contribution is 2.18. The van der Waals surface area contributed by atoms with Gasteiger partial charge in [0.05, 0.1) is 11.9 Å². The molecule has 6 nitrogen and oxygen atoms in total. The maximum atomic E-state index is 5.78. The standard InChI is InChI=1S/C13H14N6/c14-13-12(8-16-19(13)15)18-17-11-6-5-9-3-1-2-4-10(9)7-11/h1-8,13,17H,14-15H2. The highest BCUT2D eigenvalue weighted by molar-refractivity contribution is 6.34. The lowest BCUT2D eigenvalue weighted by molar-refractivity contribution is 0.280. The molecule has 0 amide bonds. The fraction of sp³-hybridized carbons (Fsp3) is 0.0769. The molecule has 6 heteroatoms. The molecule has 1 unspecified atom stereocenters. The van der Waals surface area contributed by atoms with Crippen LogP contribution in [0.1, 0.15) is 0 Å². The molecule has 0 radical (unpaired) electrons. The summed E-state index contributed by atoms with van der Waals surface area (Å²) in [5.74, 6) is 5.51. The van der Waals surface area contributed by atoms with Crippen LogP contribution in [0.2, 0.25) is 0 Å². The van der Waals surface area contributed by atoms with Crippen molar-refractivity contribution in [1.82, 2.24) is 5.12 Å². The summed E-state index contributed by atoms with van der Waals surface area (Å²) in [6, 6.07) is 14.2. The Morgan fingerprint density at radius 2 is 1.95 bits per heavy atom. The highest BCUT2D eigenvalue weighted by atomic mass is 15.7. The van der Waals surface area contributed by atoms with Gasteiger partial charge in [-0.3, -0.25) is 5.43 Å². The second kappa shape index (κ2) is 4.68. The monoisotopic (exact) mass is 254 g/mol. The van der Waals surface area contributed by atoms with Crippen LogP contribution in [0.15, 0.2) is 52.7 Å². The summed E-state index contributed by atoms with van der Waals surface area (Å²) in [5, 5.41) is 11.6. The molecular formula is C13H14N6. The Hall–Kier alpha value is -2.44. The third kappa shape index (κ3) is 2.26. The molecule has 1 heterocycles. The molecule has 0 saturated heterocycles.